The molecule has 3 unspecified atom stereocenters. The van der Waals surface area contributed by atoms with E-state index < -0.39 is 41.7 Å². The van der Waals surface area contributed by atoms with E-state index in [-0.39, 0.29) is 43.8 Å². The fourth-order valence-electron chi connectivity index (χ4n) is 3.08. The second-order valence-corrected chi connectivity index (χ2v) is 13.3. The molecule has 1 aromatic rings. The van der Waals surface area contributed by atoms with Gasteiger partial charge in [0.1, 0.15) is 11.1 Å². The van der Waals surface area contributed by atoms with Crippen molar-refractivity contribution in [2.45, 2.75) is 43.2 Å². The summed E-state index contributed by atoms with van der Waals surface area (Å²) in [6.45, 7) is 0.641. The van der Waals surface area contributed by atoms with Crippen molar-refractivity contribution < 1.29 is 39.3 Å². The number of hydrogen-bond donors (Lipinski definition) is 6. The Bertz CT molecular complexity index is 929. The molecule has 7 N–H and O–H groups in total. The highest BCUT2D eigenvalue weighted by Crippen LogP contribution is 2.28. The molecule has 1 heterocycles. The first-order chi connectivity index (χ1) is 18.6. The maximum atomic E-state index is 12.7. The van der Waals surface area contributed by atoms with Crippen LogP contribution in [0.15, 0.2) is 29.4 Å². The maximum absolute atomic E-state index is 12.7. The largest absolute Gasteiger partial charge is 0.481 e. The molecule has 2 amide bonds. The van der Waals surface area contributed by atoms with Crippen molar-refractivity contribution in [2.24, 2.45) is 17.6 Å². The van der Waals surface area contributed by atoms with Crippen LogP contribution in [0.25, 0.3) is 0 Å². The van der Waals surface area contributed by atoms with Gasteiger partial charge in [-0.25, -0.2) is 4.98 Å². The van der Waals surface area contributed by atoms with Crippen LogP contribution in [0, 0.1) is 11.8 Å². The average molecular weight is 623 g/mol. The number of carbonyl (C=O) groups is 5. The number of carboxylic acid groups (broad SMARTS) is 3. The first kappa shape index (κ1) is 34.9. The minimum atomic E-state index is -1.15. The van der Waals surface area contributed by atoms with Gasteiger partial charge in [0.15, 0.2) is 0 Å². The van der Waals surface area contributed by atoms with Crippen molar-refractivity contribution in [1.82, 2.24) is 15.6 Å². The van der Waals surface area contributed by atoms with Gasteiger partial charge in [-0.2, -0.15) is 0 Å². The monoisotopic (exact) mass is 622 g/mol. The minimum absolute atomic E-state index is 0.00391. The van der Waals surface area contributed by atoms with Gasteiger partial charge in [-0.15, -0.1) is 0 Å². The summed E-state index contributed by atoms with van der Waals surface area (Å²) in [5.74, 6) is -4.56. The van der Waals surface area contributed by atoms with Crippen LogP contribution in [0.4, 0.5) is 0 Å². The van der Waals surface area contributed by atoms with Gasteiger partial charge in [-0.05, 0) is 42.2 Å². The van der Waals surface area contributed by atoms with Crippen LogP contribution < -0.4 is 16.4 Å². The maximum Gasteiger partial charge on any atom is 0.321 e. The Hall–Kier alpha value is -2.14. The second-order valence-electron chi connectivity index (χ2n) is 8.20. The van der Waals surface area contributed by atoms with Crippen molar-refractivity contribution in [1.29, 1.82) is 0 Å². The Balaban J connectivity index is 2.44. The molecular weight excluding hydrogens is 589 g/mol. The first-order valence-corrected chi connectivity index (χ1v) is 16.8. The normalized spacial score (nSPS) is 13.2. The van der Waals surface area contributed by atoms with E-state index in [0.29, 0.717) is 24.6 Å². The van der Waals surface area contributed by atoms with Gasteiger partial charge in [0.05, 0.1) is 5.92 Å². The zero-order valence-electron chi connectivity index (χ0n) is 21.2. The number of pyridine rings is 1. The number of nitrogens with two attached hydrogens (primary N) is 1. The fraction of sp³-hybridized carbons (Fsp3) is 0.565. The number of nitrogens with one attached hydrogen (secondary N) is 2. The van der Waals surface area contributed by atoms with Crippen LogP contribution in [-0.2, 0) is 24.0 Å². The summed E-state index contributed by atoms with van der Waals surface area (Å²) in [5.41, 5.74) is 5.41. The minimum Gasteiger partial charge on any atom is -0.481 e. The van der Waals surface area contributed by atoms with Crippen LogP contribution in [0.1, 0.15) is 32.1 Å². The van der Waals surface area contributed by atoms with Crippen molar-refractivity contribution in [2.75, 3.05) is 30.3 Å². The topological polar surface area (TPSA) is 209 Å². The lowest BCUT2D eigenvalue weighted by atomic mass is 9.87. The summed E-state index contributed by atoms with van der Waals surface area (Å²) >= 11 is 0. The third-order valence-electron chi connectivity index (χ3n) is 5.14. The predicted octanol–water partition coefficient (Wildman–Crippen LogP) is 2.20. The summed E-state index contributed by atoms with van der Waals surface area (Å²) in [5, 5.41) is 33.7. The Morgan fingerprint density at radius 1 is 0.872 bits per heavy atom. The quantitative estimate of drug-likeness (QED) is 0.0809. The number of amides is 2. The lowest BCUT2D eigenvalue weighted by molar-refractivity contribution is -0.143. The van der Waals surface area contributed by atoms with E-state index in [1.807, 2.05) is 18.2 Å². The van der Waals surface area contributed by atoms with E-state index in [1.165, 1.54) is 43.2 Å². The van der Waals surface area contributed by atoms with Gasteiger partial charge in [0, 0.05) is 55.3 Å². The van der Waals surface area contributed by atoms with Gasteiger partial charge in [0.2, 0.25) is 11.8 Å². The number of carboxylic acids is 3. The zero-order valence-corrected chi connectivity index (χ0v) is 24.4. The first-order valence-electron chi connectivity index (χ1n) is 12.0. The number of aliphatic carboxylic acids is 3. The number of nitrogens with zero attached hydrogens (tertiary/aromatic N) is 1. The van der Waals surface area contributed by atoms with E-state index in [9.17, 15) is 29.1 Å². The highest BCUT2D eigenvalue weighted by atomic mass is 33.1. The number of hydrogen-bond acceptors (Lipinski definition) is 11. The lowest BCUT2D eigenvalue weighted by Crippen LogP contribution is -2.35. The zero-order chi connectivity index (χ0) is 29.0. The molecule has 0 fully saturated rings. The Morgan fingerprint density at radius 2 is 1.56 bits per heavy atom. The molecule has 0 radical (unpaired) electrons. The van der Waals surface area contributed by atoms with Crippen LogP contribution in [0.3, 0.4) is 0 Å². The Morgan fingerprint density at radius 3 is 2.21 bits per heavy atom. The molecular formula is C23H34N4O8S4. The highest BCUT2D eigenvalue weighted by Gasteiger charge is 2.28. The molecule has 0 saturated carbocycles. The smallest absolute Gasteiger partial charge is 0.321 e. The molecule has 16 heteroatoms. The molecule has 1 aromatic heterocycles. The lowest BCUT2D eigenvalue weighted by Gasteiger charge is -2.20. The summed E-state index contributed by atoms with van der Waals surface area (Å²) in [6.07, 6.45) is 1.27. The van der Waals surface area contributed by atoms with Gasteiger partial charge in [-0.1, -0.05) is 38.4 Å². The standard InChI is InChI=1S/C23H34N4O8S4/c24-17(23(34)35)14-38-36-11-9-25-18(28)6-4-16(22(32)33)13-15(5-7-20(29)30)21(31)27-10-12-37-39-19-3-1-2-8-26-19/h1-3,8,15-17H,4-7,9-14,24H2,(H,25,28)(H,27,31)(H,29,30)(H,32,33)(H,34,35). The van der Waals surface area contributed by atoms with Gasteiger partial charge < -0.3 is 31.7 Å². The Kier molecular flexibility index (Phi) is 18.5. The highest BCUT2D eigenvalue weighted by molar-refractivity contribution is 8.77. The number of carbonyl (C=O) groups excluding carboxylic acids is 2. The molecule has 0 aromatic carbocycles. The molecule has 1 rings (SSSR count). The summed E-state index contributed by atoms with van der Waals surface area (Å²) in [7, 11) is 5.61. The molecule has 0 aliphatic heterocycles. The summed E-state index contributed by atoms with van der Waals surface area (Å²) in [6, 6.07) is 4.59. The fourth-order valence-corrected chi connectivity index (χ4v) is 6.88. The van der Waals surface area contributed by atoms with Crippen molar-refractivity contribution in [3.8, 4) is 0 Å². The van der Waals surface area contributed by atoms with Crippen molar-refractivity contribution >= 4 is 72.9 Å². The van der Waals surface area contributed by atoms with Crippen molar-refractivity contribution in [3.63, 3.8) is 0 Å². The van der Waals surface area contributed by atoms with E-state index in [1.54, 1.807) is 6.20 Å². The van der Waals surface area contributed by atoms with Crippen LogP contribution in [0.2, 0.25) is 0 Å². The molecule has 12 nitrogen and oxygen atoms in total. The predicted molar refractivity (Wildman–Crippen MR) is 154 cm³/mol. The third-order valence-corrected chi connectivity index (χ3v) is 9.85. The van der Waals surface area contributed by atoms with E-state index in [2.05, 4.69) is 15.6 Å². The number of aromatic nitrogens is 1. The second kappa shape index (κ2) is 20.7. The molecule has 0 saturated heterocycles. The molecule has 0 spiro atoms. The van der Waals surface area contributed by atoms with E-state index in [0.717, 1.165) is 5.03 Å². The molecule has 0 bridgehead atoms. The van der Waals surface area contributed by atoms with Crippen LogP contribution in [-0.4, -0.2) is 86.4 Å². The van der Waals surface area contributed by atoms with Crippen molar-refractivity contribution in [3.05, 3.63) is 24.4 Å². The van der Waals surface area contributed by atoms with Gasteiger partial charge >= 0.3 is 17.9 Å². The SMILES string of the molecule is NC(CSSCCNC(=O)CCC(CC(CCC(=O)O)C(=O)NCCSSc1ccccn1)C(=O)O)C(=O)O. The molecule has 0 aliphatic carbocycles. The molecule has 39 heavy (non-hydrogen) atoms. The molecule has 3 atom stereocenters. The molecule has 218 valence electrons. The Labute approximate surface area is 242 Å². The van der Waals surface area contributed by atoms with Crippen LogP contribution in [0.5, 0.6) is 0 Å². The summed E-state index contributed by atoms with van der Waals surface area (Å²) in [4.78, 5) is 62.7. The van der Waals surface area contributed by atoms with E-state index in [4.69, 9.17) is 15.9 Å². The average Bonchev–Trinajstić information content (AvgIpc) is 2.89. The van der Waals surface area contributed by atoms with E-state index >= 15 is 0 Å². The van der Waals surface area contributed by atoms with Gasteiger partial charge in [0.25, 0.3) is 0 Å². The number of rotatable bonds is 22. The third kappa shape index (κ3) is 17.2. The van der Waals surface area contributed by atoms with Gasteiger partial charge in [-0.3, -0.25) is 24.0 Å². The summed E-state index contributed by atoms with van der Waals surface area (Å²) < 4.78 is 0. The molecule has 0 aliphatic rings. The van der Waals surface area contributed by atoms with Crippen LogP contribution >= 0.6 is 43.2 Å².